The topological polar surface area (TPSA) is 98.5 Å². The van der Waals surface area contributed by atoms with Gasteiger partial charge in [-0.15, -0.1) is 0 Å². The van der Waals surface area contributed by atoms with Crippen LogP contribution in [0.4, 0.5) is 20.3 Å². The van der Waals surface area contributed by atoms with Crippen LogP contribution in [0.25, 0.3) is 22.3 Å². The number of aromatic nitrogens is 3. The van der Waals surface area contributed by atoms with E-state index in [4.69, 9.17) is 14.6 Å². The summed E-state index contributed by atoms with van der Waals surface area (Å²) in [6, 6.07) is 12.1. The zero-order valence-corrected chi connectivity index (χ0v) is 22.0. The molecule has 0 fully saturated rings. The molecule has 37 heavy (non-hydrogen) atoms. The Morgan fingerprint density at radius 2 is 1.89 bits per heavy atom. The van der Waals surface area contributed by atoms with Crippen molar-refractivity contribution in [3.63, 3.8) is 0 Å². The molecule has 0 saturated carbocycles. The number of nitrogens with one attached hydrogen (secondary N) is 1. The van der Waals surface area contributed by atoms with E-state index in [0.717, 1.165) is 18.2 Å². The molecular weight excluding hydrogens is 498 g/mol. The lowest BCUT2D eigenvalue weighted by Crippen LogP contribution is -2.22. The Morgan fingerprint density at radius 1 is 1.11 bits per heavy atom. The fourth-order valence-electron chi connectivity index (χ4n) is 3.69. The fourth-order valence-corrected chi connectivity index (χ4v) is 4.45. The van der Waals surface area contributed by atoms with Crippen LogP contribution in [0.3, 0.4) is 0 Å². The molecule has 0 atom stereocenters. The maximum atomic E-state index is 14.2. The second kappa shape index (κ2) is 10.6. The number of benzene rings is 2. The van der Waals surface area contributed by atoms with Gasteiger partial charge in [0.1, 0.15) is 35.6 Å². The number of pyridine rings is 1. The van der Waals surface area contributed by atoms with E-state index in [0.29, 0.717) is 40.5 Å². The molecule has 2 aromatic carbocycles. The lowest BCUT2D eigenvalue weighted by atomic mass is 10.0. The molecule has 2 N–H and O–H groups in total. The maximum Gasteiger partial charge on any atom is 0.335 e. The fraction of sp³-hybridized carbons (Fsp3) is 0.269. The lowest BCUT2D eigenvalue weighted by molar-refractivity contribution is 0.0696. The minimum Gasteiger partial charge on any atom is -0.496 e. The number of carboxylic acid groups (broad SMARTS) is 1. The summed E-state index contributed by atoms with van der Waals surface area (Å²) in [5.74, 6) is -1.73. The largest absolute Gasteiger partial charge is 0.496 e. The maximum absolute atomic E-state index is 14.2. The highest BCUT2D eigenvalue weighted by Crippen LogP contribution is 2.35. The van der Waals surface area contributed by atoms with Crippen LogP contribution >= 0.6 is 0 Å². The van der Waals surface area contributed by atoms with Gasteiger partial charge < -0.3 is 19.9 Å². The van der Waals surface area contributed by atoms with Crippen LogP contribution in [-0.2, 0) is 11.5 Å². The van der Waals surface area contributed by atoms with Crippen LogP contribution in [-0.4, -0.2) is 47.6 Å². The van der Waals surface area contributed by atoms with E-state index < -0.39 is 25.7 Å². The zero-order valence-electron chi connectivity index (χ0n) is 21.0. The second-order valence-electron chi connectivity index (χ2n) is 9.73. The van der Waals surface area contributed by atoms with Gasteiger partial charge in [0.25, 0.3) is 0 Å². The molecule has 8 nitrogen and oxygen atoms in total. The summed E-state index contributed by atoms with van der Waals surface area (Å²) in [7, 11) is 0.193. The number of aromatic carboxylic acids is 1. The van der Waals surface area contributed by atoms with E-state index in [1.165, 1.54) is 25.3 Å². The van der Waals surface area contributed by atoms with Crippen molar-refractivity contribution in [2.45, 2.75) is 32.4 Å². The molecule has 0 saturated heterocycles. The molecule has 4 aromatic rings. The van der Waals surface area contributed by atoms with Crippen LogP contribution in [0, 0.1) is 11.6 Å². The van der Waals surface area contributed by atoms with E-state index in [9.17, 15) is 18.7 Å². The number of carboxylic acids is 1. The lowest BCUT2D eigenvalue weighted by Gasteiger charge is -2.15. The van der Waals surface area contributed by atoms with Gasteiger partial charge in [0, 0.05) is 31.7 Å². The minimum absolute atomic E-state index is 0.0711. The number of ether oxygens (including phenoxy) is 2. The molecule has 194 valence electrons. The Morgan fingerprint density at radius 3 is 2.57 bits per heavy atom. The minimum atomic E-state index is -1.30. The van der Waals surface area contributed by atoms with Gasteiger partial charge in [-0.1, -0.05) is 19.6 Å². The number of hydrogen-bond acceptors (Lipinski definition) is 6. The summed E-state index contributed by atoms with van der Waals surface area (Å²) in [4.78, 5) is 16.2. The van der Waals surface area contributed by atoms with Crippen LogP contribution in [0.2, 0.25) is 25.7 Å². The quantitative estimate of drug-likeness (QED) is 0.189. The predicted octanol–water partition coefficient (Wildman–Crippen LogP) is 6.14. The Labute approximate surface area is 213 Å². The van der Waals surface area contributed by atoms with Crippen molar-refractivity contribution in [3.05, 3.63) is 65.7 Å². The first kappa shape index (κ1) is 26.2. The van der Waals surface area contributed by atoms with Crippen molar-refractivity contribution in [1.29, 1.82) is 0 Å². The van der Waals surface area contributed by atoms with Crippen molar-refractivity contribution in [2.24, 2.45) is 0 Å². The highest BCUT2D eigenvalue weighted by molar-refractivity contribution is 6.76. The molecule has 4 rings (SSSR count). The molecule has 0 aliphatic rings. The summed E-state index contributed by atoms with van der Waals surface area (Å²) in [6.07, 6.45) is 0. The first-order chi connectivity index (χ1) is 17.6. The number of hydrogen-bond donors (Lipinski definition) is 2. The average molecular weight is 527 g/mol. The average Bonchev–Trinajstić information content (AvgIpc) is 3.20. The summed E-state index contributed by atoms with van der Waals surface area (Å²) < 4.78 is 40.5. The third-order valence-electron chi connectivity index (χ3n) is 5.70. The summed E-state index contributed by atoms with van der Waals surface area (Å²) in [5, 5.41) is 17.7. The second-order valence-corrected chi connectivity index (χ2v) is 15.4. The van der Waals surface area contributed by atoms with Crippen LogP contribution < -0.4 is 10.1 Å². The Balaban J connectivity index is 1.77. The number of halogens is 2. The van der Waals surface area contributed by atoms with E-state index in [1.54, 1.807) is 22.9 Å². The number of rotatable bonds is 10. The highest BCUT2D eigenvalue weighted by Gasteiger charge is 2.20. The van der Waals surface area contributed by atoms with Gasteiger partial charge >= 0.3 is 5.97 Å². The normalized spacial score (nSPS) is 11.6. The third-order valence-corrected chi connectivity index (χ3v) is 7.40. The standard InChI is InChI=1S/C26H28F2N4O4Si/c1-35-22-9-5-16(26(33)34)13-19(22)24-18-7-10-23(29-21-8-6-17(27)14-20(21)28)30-25(18)32(31-24)15-36-11-12-37(2,3)4/h5-10,13-14H,11-12,15H2,1-4H3,(H,29,30)(H,33,34). The highest BCUT2D eigenvalue weighted by atomic mass is 28.3. The summed E-state index contributed by atoms with van der Waals surface area (Å²) >= 11 is 0. The van der Waals surface area contributed by atoms with Crippen LogP contribution in [0.15, 0.2) is 48.5 Å². The van der Waals surface area contributed by atoms with Gasteiger partial charge in [-0.05, 0) is 48.5 Å². The molecule has 0 radical (unpaired) electrons. The molecular formula is C26H28F2N4O4Si. The van der Waals surface area contributed by atoms with E-state index in [-0.39, 0.29) is 18.0 Å². The third kappa shape index (κ3) is 6.12. The van der Waals surface area contributed by atoms with E-state index in [1.807, 2.05) is 0 Å². The van der Waals surface area contributed by atoms with Gasteiger partial charge in [0.15, 0.2) is 5.65 Å². The smallest absolute Gasteiger partial charge is 0.335 e. The molecule has 0 aliphatic carbocycles. The van der Waals surface area contributed by atoms with Crippen molar-refractivity contribution >= 4 is 36.6 Å². The zero-order chi connectivity index (χ0) is 26.7. The van der Waals surface area contributed by atoms with Crippen LogP contribution in [0.1, 0.15) is 10.4 Å². The van der Waals surface area contributed by atoms with Crippen molar-refractivity contribution in [2.75, 3.05) is 19.0 Å². The molecule has 0 spiro atoms. The van der Waals surface area contributed by atoms with Gasteiger partial charge in [-0.3, -0.25) is 0 Å². The van der Waals surface area contributed by atoms with E-state index >= 15 is 0 Å². The van der Waals surface area contributed by atoms with Crippen LogP contribution in [0.5, 0.6) is 5.75 Å². The molecule has 0 bridgehead atoms. The molecule has 0 aliphatic heterocycles. The predicted molar refractivity (Wildman–Crippen MR) is 140 cm³/mol. The number of methoxy groups -OCH3 is 1. The molecule has 2 aromatic heterocycles. The van der Waals surface area contributed by atoms with Crippen molar-refractivity contribution in [1.82, 2.24) is 14.8 Å². The number of carbonyl (C=O) groups is 1. The molecule has 11 heteroatoms. The van der Waals surface area contributed by atoms with Gasteiger partial charge in [-0.2, -0.15) is 5.10 Å². The van der Waals surface area contributed by atoms with Crippen molar-refractivity contribution in [3.8, 4) is 17.0 Å². The Hall–Kier alpha value is -3.83. The van der Waals surface area contributed by atoms with Crippen molar-refractivity contribution < 1.29 is 28.2 Å². The van der Waals surface area contributed by atoms with Gasteiger partial charge in [0.2, 0.25) is 0 Å². The number of anilines is 2. The number of fused-ring (bicyclic) bond motifs is 1. The monoisotopic (exact) mass is 526 g/mol. The molecule has 0 amide bonds. The molecule has 2 heterocycles. The molecule has 0 unspecified atom stereocenters. The van der Waals surface area contributed by atoms with Gasteiger partial charge in [-0.25, -0.2) is 23.2 Å². The first-order valence-electron chi connectivity index (χ1n) is 11.6. The summed E-state index contributed by atoms with van der Waals surface area (Å²) in [5.41, 5.74) is 1.55. The summed E-state index contributed by atoms with van der Waals surface area (Å²) in [6.45, 7) is 7.45. The SMILES string of the molecule is COc1ccc(C(=O)O)cc1-c1nn(COCC[Si](C)(C)C)c2nc(Nc3ccc(F)cc3F)ccc12. The first-order valence-corrected chi connectivity index (χ1v) is 15.4. The Kier molecular flexibility index (Phi) is 7.55. The Bertz CT molecular complexity index is 1450. The van der Waals surface area contributed by atoms with Gasteiger partial charge in [0.05, 0.1) is 18.4 Å². The number of nitrogens with zero attached hydrogens (tertiary/aromatic N) is 3. The van der Waals surface area contributed by atoms with E-state index in [2.05, 4.69) is 29.9 Å².